The number of aromatic nitrogens is 2. The highest BCUT2D eigenvalue weighted by molar-refractivity contribution is 6.05. The first-order valence-electron chi connectivity index (χ1n) is 7.14. The second-order valence-electron chi connectivity index (χ2n) is 5.13. The number of aromatic amines is 1. The molecule has 0 spiro atoms. The summed E-state index contributed by atoms with van der Waals surface area (Å²) in [5, 5.41) is 40.0. The predicted molar refractivity (Wildman–Crippen MR) is 85.9 cm³/mol. The van der Waals surface area contributed by atoms with Crippen molar-refractivity contribution in [3.8, 4) is 28.6 Å². The van der Waals surface area contributed by atoms with E-state index in [1.807, 2.05) is 0 Å². The zero-order chi connectivity index (χ0) is 17.3. The third-order valence-corrected chi connectivity index (χ3v) is 3.50. The summed E-state index contributed by atoms with van der Waals surface area (Å²) in [5.41, 5.74) is 1.68. The van der Waals surface area contributed by atoms with Gasteiger partial charge in [0.15, 0.2) is 17.2 Å². The van der Waals surface area contributed by atoms with Crippen molar-refractivity contribution in [1.82, 2.24) is 15.3 Å². The van der Waals surface area contributed by atoms with E-state index in [0.29, 0.717) is 28.0 Å². The van der Waals surface area contributed by atoms with Crippen LogP contribution in [0.25, 0.3) is 22.4 Å². The lowest BCUT2D eigenvalue weighted by Gasteiger charge is -2.03. The third-order valence-electron chi connectivity index (χ3n) is 3.50. The smallest absolute Gasteiger partial charge is 0.253 e. The molecule has 1 aromatic heterocycles. The van der Waals surface area contributed by atoms with E-state index in [1.165, 1.54) is 12.1 Å². The quantitative estimate of drug-likeness (QED) is 0.396. The van der Waals surface area contributed by atoms with Crippen LogP contribution in [0.1, 0.15) is 10.4 Å². The first kappa shape index (κ1) is 15.6. The summed E-state index contributed by atoms with van der Waals surface area (Å²) in [6.45, 7) is -0.0359. The molecule has 1 heterocycles. The Morgan fingerprint density at radius 3 is 2.54 bits per heavy atom. The minimum absolute atomic E-state index is 0.131. The van der Waals surface area contributed by atoms with Crippen molar-refractivity contribution >= 4 is 16.9 Å². The van der Waals surface area contributed by atoms with Crippen LogP contribution in [0.4, 0.5) is 0 Å². The first-order valence-corrected chi connectivity index (χ1v) is 7.14. The molecule has 0 radical (unpaired) electrons. The number of benzene rings is 2. The second kappa shape index (κ2) is 6.09. The maximum atomic E-state index is 12.1. The van der Waals surface area contributed by atoms with Crippen molar-refractivity contribution in [3.63, 3.8) is 0 Å². The summed E-state index contributed by atoms with van der Waals surface area (Å²) in [7, 11) is 0. The fourth-order valence-corrected chi connectivity index (χ4v) is 2.36. The van der Waals surface area contributed by atoms with Crippen molar-refractivity contribution in [3.05, 3.63) is 35.9 Å². The number of phenolic OH excluding ortho intramolecular Hbond substituents is 3. The predicted octanol–water partition coefficient (Wildman–Crippen LogP) is 1.07. The lowest BCUT2D eigenvalue weighted by Crippen LogP contribution is -2.26. The molecule has 0 atom stereocenters. The lowest BCUT2D eigenvalue weighted by atomic mass is 10.1. The normalized spacial score (nSPS) is 10.9. The van der Waals surface area contributed by atoms with Gasteiger partial charge in [0.1, 0.15) is 11.3 Å². The van der Waals surface area contributed by atoms with Crippen molar-refractivity contribution in [2.24, 2.45) is 0 Å². The van der Waals surface area contributed by atoms with Gasteiger partial charge in [-0.05, 0) is 24.3 Å². The number of para-hydroxylation sites is 1. The summed E-state index contributed by atoms with van der Waals surface area (Å²) in [6, 6.07) is 7.51. The van der Waals surface area contributed by atoms with Gasteiger partial charge in [0.2, 0.25) is 0 Å². The lowest BCUT2D eigenvalue weighted by molar-refractivity contribution is 0.0946. The molecule has 124 valence electrons. The van der Waals surface area contributed by atoms with Crippen molar-refractivity contribution in [2.45, 2.75) is 0 Å². The average Bonchev–Trinajstić information content (AvgIpc) is 3.01. The number of aliphatic hydroxyl groups excluding tert-OH is 1. The number of amides is 1. The third kappa shape index (κ3) is 2.70. The van der Waals surface area contributed by atoms with Crippen LogP contribution in [-0.2, 0) is 0 Å². The molecule has 0 bridgehead atoms. The number of rotatable bonds is 4. The van der Waals surface area contributed by atoms with Crippen molar-refractivity contribution < 1.29 is 25.2 Å². The van der Waals surface area contributed by atoms with Gasteiger partial charge in [-0.3, -0.25) is 4.79 Å². The minimum atomic E-state index is -0.612. The number of imidazole rings is 1. The van der Waals surface area contributed by atoms with Crippen LogP contribution in [0, 0.1) is 0 Å². The van der Waals surface area contributed by atoms with Gasteiger partial charge in [0.25, 0.3) is 5.91 Å². The molecule has 0 saturated carbocycles. The van der Waals surface area contributed by atoms with E-state index >= 15 is 0 Å². The van der Waals surface area contributed by atoms with E-state index in [1.54, 1.807) is 18.2 Å². The molecule has 8 nitrogen and oxygen atoms in total. The van der Waals surface area contributed by atoms with Gasteiger partial charge in [-0.15, -0.1) is 0 Å². The van der Waals surface area contributed by atoms with Gasteiger partial charge >= 0.3 is 0 Å². The van der Waals surface area contributed by atoms with Crippen LogP contribution in [0.5, 0.6) is 17.2 Å². The van der Waals surface area contributed by atoms with E-state index in [0.717, 1.165) is 0 Å². The Kier molecular flexibility index (Phi) is 3.97. The maximum Gasteiger partial charge on any atom is 0.253 e. The molecule has 0 aliphatic heterocycles. The van der Waals surface area contributed by atoms with Gasteiger partial charge in [0, 0.05) is 12.1 Å². The standard InChI is InChI=1S/C16H15N3O5/c20-5-4-17-16(24)9-2-1-3-10-13(9)19-15(18-10)8-6-11(21)14(23)12(22)7-8/h1-3,6-7,20-23H,4-5H2,(H,17,24)(H,18,19). The van der Waals surface area contributed by atoms with Crippen molar-refractivity contribution in [2.75, 3.05) is 13.2 Å². The molecule has 3 aromatic rings. The van der Waals surface area contributed by atoms with Gasteiger partial charge in [-0.2, -0.15) is 0 Å². The number of carbonyl (C=O) groups is 1. The molecule has 0 unspecified atom stereocenters. The van der Waals surface area contributed by atoms with Crippen LogP contribution >= 0.6 is 0 Å². The van der Waals surface area contributed by atoms with E-state index in [4.69, 9.17) is 5.11 Å². The van der Waals surface area contributed by atoms with Crippen LogP contribution in [0.2, 0.25) is 0 Å². The maximum absolute atomic E-state index is 12.1. The van der Waals surface area contributed by atoms with Gasteiger partial charge in [0.05, 0.1) is 17.7 Å². The number of phenols is 3. The molecule has 8 heteroatoms. The number of fused-ring (bicyclic) bond motifs is 1. The number of carbonyl (C=O) groups excluding carboxylic acids is 1. The number of hydrogen-bond donors (Lipinski definition) is 6. The number of H-pyrrole nitrogens is 1. The highest BCUT2D eigenvalue weighted by Gasteiger charge is 2.16. The molecule has 0 saturated heterocycles. The average molecular weight is 329 g/mol. The fourth-order valence-electron chi connectivity index (χ4n) is 2.36. The molecule has 3 rings (SSSR count). The molecule has 0 fully saturated rings. The molecule has 1 amide bonds. The van der Waals surface area contributed by atoms with Crippen LogP contribution in [0.3, 0.4) is 0 Å². The first-order chi connectivity index (χ1) is 11.5. The Labute approximate surface area is 136 Å². The van der Waals surface area contributed by atoms with Gasteiger partial charge in [-0.25, -0.2) is 4.98 Å². The summed E-state index contributed by atoms with van der Waals surface area (Å²) >= 11 is 0. The Morgan fingerprint density at radius 1 is 1.17 bits per heavy atom. The second-order valence-corrected chi connectivity index (χ2v) is 5.13. The molecule has 0 aliphatic carbocycles. The van der Waals surface area contributed by atoms with Crippen LogP contribution < -0.4 is 5.32 Å². The molecule has 24 heavy (non-hydrogen) atoms. The summed E-state index contributed by atoms with van der Waals surface area (Å²) in [5.74, 6) is -1.63. The Morgan fingerprint density at radius 2 is 1.88 bits per heavy atom. The molecule has 2 aromatic carbocycles. The van der Waals surface area contributed by atoms with E-state index in [2.05, 4.69) is 15.3 Å². The summed E-state index contributed by atoms with van der Waals surface area (Å²) in [6.07, 6.45) is 0. The summed E-state index contributed by atoms with van der Waals surface area (Å²) in [4.78, 5) is 19.5. The number of aliphatic hydroxyl groups is 1. The minimum Gasteiger partial charge on any atom is -0.504 e. The molecular formula is C16H15N3O5. The Bertz CT molecular complexity index is 896. The van der Waals surface area contributed by atoms with Crippen LogP contribution in [0.15, 0.2) is 30.3 Å². The number of aromatic hydroxyl groups is 3. The highest BCUT2D eigenvalue weighted by Crippen LogP contribution is 2.38. The molecule has 6 N–H and O–H groups in total. The zero-order valence-corrected chi connectivity index (χ0v) is 12.4. The highest BCUT2D eigenvalue weighted by atomic mass is 16.3. The van der Waals surface area contributed by atoms with Gasteiger partial charge < -0.3 is 30.7 Å². The van der Waals surface area contributed by atoms with Crippen LogP contribution in [-0.4, -0.2) is 49.5 Å². The zero-order valence-electron chi connectivity index (χ0n) is 12.4. The van der Waals surface area contributed by atoms with Gasteiger partial charge in [-0.1, -0.05) is 6.07 Å². The monoisotopic (exact) mass is 329 g/mol. The summed E-state index contributed by atoms with van der Waals surface area (Å²) < 4.78 is 0. The fraction of sp³-hybridized carbons (Fsp3) is 0.125. The van der Waals surface area contributed by atoms with E-state index in [-0.39, 0.29) is 19.1 Å². The number of nitrogens with zero attached hydrogens (tertiary/aromatic N) is 1. The Hall–Kier alpha value is -3.26. The topological polar surface area (TPSA) is 139 Å². The van der Waals surface area contributed by atoms with Crippen molar-refractivity contribution in [1.29, 1.82) is 0 Å². The molecular weight excluding hydrogens is 314 g/mol. The number of nitrogens with one attached hydrogen (secondary N) is 2. The van der Waals surface area contributed by atoms with E-state index in [9.17, 15) is 20.1 Å². The largest absolute Gasteiger partial charge is 0.504 e. The number of hydrogen-bond acceptors (Lipinski definition) is 6. The Balaban J connectivity index is 2.07. The SMILES string of the molecule is O=C(NCCO)c1cccc2[nH]c(-c3cc(O)c(O)c(O)c3)nc12. The van der Waals surface area contributed by atoms with E-state index < -0.39 is 17.2 Å². The molecule has 0 aliphatic rings.